The first-order valence-electron chi connectivity index (χ1n) is 5.71. The maximum absolute atomic E-state index is 10.5. The second-order valence-electron chi connectivity index (χ2n) is 3.36. The summed E-state index contributed by atoms with van der Waals surface area (Å²) >= 11 is 0. The minimum Gasteiger partial charge on any atom is -0.464 e. The van der Waals surface area contributed by atoms with Gasteiger partial charge < -0.3 is 9.47 Å². The van der Waals surface area contributed by atoms with Gasteiger partial charge in [-0.05, 0) is 18.9 Å². The Morgan fingerprint density at radius 2 is 2.00 bits per heavy atom. The summed E-state index contributed by atoms with van der Waals surface area (Å²) in [4.78, 5) is 10.5. The first-order valence-corrected chi connectivity index (χ1v) is 5.71. The van der Waals surface area contributed by atoms with Crippen molar-refractivity contribution in [3.05, 3.63) is 11.8 Å². The molecule has 0 saturated carbocycles. The van der Waals surface area contributed by atoms with Gasteiger partial charge in [0.25, 0.3) is 0 Å². The number of carbonyl (C=O) groups is 1. The number of aldehydes is 1. The van der Waals surface area contributed by atoms with Gasteiger partial charge in [0.1, 0.15) is 0 Å². The molecule has 0 amide bonds. The molecule has 15 heavy (non-hydrogen) atoms. The number of hydrogen-bond acceptors (Lipinski definition) is 3. The molecule has 0 aliphatic carbocycles. The van der Waals surface area contributed by atoms with Gasteiger partial charge in [0, 0.05) is 0 Å². The molecule has 3 nitrogen and oxygen atoms in total. The fraction of sp³-hybridized carbons (Fsp3) is 0.750. The van der Waals surface area contributed by atoms with Gasteiger partial charge in [0.15, 0.2) is 18.8 Å². The van der Waals surface area contributed by atoms with E-state index in [-0.39, 0.29) is 6.79 Å². The summed E-state index contributed by atoms with van der Waals surface area (Å²) in [5, 5.41) is 0. The SMILES string of the molecule is CCC=C(C=O)OCOCCCCCC. The van der Waals surface area contributed by atoms with Gasteiger partial charge in [0.2, 0.25) is 0 Å². The molecule has 0 heterocycles. The third-order valence-electron chi connectivity index (χ3n) is 1.97. The number of hydrogen-bond donors (Lipinski definition) is 0. The zero-order valence-electron chi connectivity index (χ0n) is 9.83. The molecule has 0 aromatic rings. The van der Waals surface area contributed by atoms with Crippen molar-refractivity contribution in [2.24, 2.45) is 0 Å². The van der Waals surface area contributed by atoms with Crippen molar-refractivity contribution < 1.29 is 14.3 Å². The summed E-state index contributed by atoms with van der Waals surface area (Å²) in [7, 11) is 0. The van der Waals surface area contributed by atoms with Crippen LogP contribution in [0.3, 0.4) is 0 Å². The highest BCUT2D eigenvalue weighted by molar-refractivity contribution is 5.69. The minimum atomic E-state index is 0.177. The Morgan fingerprint density at radius 3 is 2.60 bits per heavy atom. The summed E-state index contributed by atoms with van der Waals surface area (Å²) in [6, 6.07) is 0. The van der Waals surface area contributed by atoms with E-state index in [4.69, 9.17) is 9.47 Å². The van der Waals surface area contributed by atoms with Crippen molar-refractivity contribution >= 4 is 6.29 Å². The van der Waals surface area contributed by atoms with Crippen LogP contribution in [0.5, 0.6) is 0 Å². The number of allylic oxidation sites excluding steroid dienone is 2. The van der Waals surface area contributed by atoms with Gasteiger partial charge in [-0.1, -0.05) is 33.1 Å². The molecule has 0 aromatic heterocycles. The van der Waals surface area contributed by atoms with Crippen LogP contribution in [0.15, 0.2) is 11.8 Å². The lowest BCUT2D eigenvalue weighted by molar-refractivity contribution is -0.111. The number of ether oxygens (including phenoxy) is 2. The van der Waals surface area contributed by atoms with Gasteiger partial charge in [-0.15, -0.1) is 0 Å². The molecule has 0 aliphatic rings. The maximum Gasteiger partial charge on any atom is 0.189 e. The Kier molecular flexibility index (Phi) is 10.6. The van der Waals surface area contributed by atoms with E-state index in [1.54, 1.807) is 6.08 Å². The minimum absolute atomic E-state index is 0.177. The lowest BCUT2D eigenvalue weighted by Crippen LogP contribution is -2.02. The van der Waals surface area contributed by atoms with Crippen LogP contribution < -0.4 is 0 Å². The topological polar surface area (TPSA) is 35.5 Å². The van der Waals surface area contributed by atoms with E-state index < -0.39 is 0 Å². The van der Waals surface area contributed by atoms with Gasteiger partial charge >= 0.3 is 0 Å². The molecule has 0 bridgehead atoms. The van der Waals surface area contributed by atoms with Gasteiger partial charge in [-0.2, -0.15) is 0 Å². The molecule has 0 aliphatic heterocycles. The summed E-state index contributed by atoms with van der Waals surface area (Å²) in [6.07, 6.45) is 7.99. The van der Waals surface area contributed by atoms with Crippen LogP contribution in [0, 0.1) is 0 Å². The van der Waals surface area contributed by atoms with Crippen molar-refractivity contribution in [2.75, 3.05) is 13.4 Å². The second kappa shape index (κ2) is 11.2. The highest BCUT2D eigenvalue weighted by Crippen LogP contribution is 2.00. The van der Waals surface area contributed by atoms with Crippen LogP contribution in [0.2, 0.25) is 0 Å². The molecule has 0 fully saturated rings. The Hall–Kier alpha value is -0.830. The molecule has 0 saturated heterocycles. The quantitative estimate of drug-likeness (QED) is 0.184. The predicted molar refractivity (Wildman–Crippen MR) is 60.5 cm³/mol. The smallest absolute Gasteiger partial charge is 0.189 e. The van der Waals surface area contributed by atoms with Crippen LogP contribution in [-0.4, -0.2) is 19.7 Å². The van der Waals surface area contributed by atoms with E-state index in [1.165, 1.54) is 19.3 Å². The molecule has 0 spiro atoms. The highest BCUT2D eigenvalue weighted by atomic mass is 16.7. The van der Waals surface area contributed by atoms with E-state index >= 15 is 0 Å². The fourth-order valence-corrected chi connectivity index (χ4v) is 1.14. The van der Waals surface area contributed by atoms with Crippen LogP contribution in [-0.2, 0) is 14.3 Å². The molecule has 88 valence electrons. The summed E-state index contributed by atoms with van der Waals surface area (Å²) in [5.41, 5.74) is 0. The third-order valence-corrected chi connectivity index (χ3v) is 1.97. The van der Waals surface area contributed by atoms with Crippen molar-refractivity contribution in [3.8, 4) is 0 Å². The Labute approximate surface area is 92.5 Å². The third kappa shape index (κ3) is 9.47. The number of unbranched alkanes of at least 4 members (excludes halogenated alkanes) is 3. The molecule has 0 unspecified atom stereocenters. The lowest BCUT2D eigenvalue weighted by atomic mass is 10.2. The zero-order chi connectivity index (χ0) is 11.4. The molecule has 0 rings (SSSR count). The maximum atomic E-state index is 10.5. The monoisotopic (exact) mass is 214 g/mol. The molecule has 0 radical (unpaired) electrons. The first-order chi connectivity index (χ1) is 7.35. The molecule has 0 aromatic carbocycles. The van der Waals surface area contributed by atoms with Crippen molar-refractivity contribution in [2.45, 2.75) is 46.0 Å². The number of carbonyl (C=O) groups excluding carboxylic acids is 1. The standard InChI is InChI=1S/C12H22O3/c1-3-5-6-7-9-14-11-15-12(10-13)8-4-2/h8,10H,3-7,9,11H2,1-2H3. The van der Waals surface area contributed by atoms with Crippen LogP contribution >= 0.6 is 0 Å². The molecular weight excluding hydrogens is 192 g/mol. The van der Waals surface area contributed by atoms with Crippen LogP contribution in [0.4, 0.5) is 0 Å². The summed E-state index contributed by atoms with van der Waals surface area (Å²) < 4.78 is 10.3. The number of rotatable bonds is 10. The lowest BCUT2D eigenvalue weighted by Gasteiger charge is -2.06. The van der Waals surface area contributed by atoms with Crippen molar-refractivity contribution in [3.63, 3.8) is 0 Å². The highest BCUT2D eigenvalue weighted by Gasteiger charge is 1.94. The molecule has 0 N–H and O–H groups in total. The predicted octanol–water partition coefficient (Wildman–Crippen LogP) is 3.05. The van der Waals surface area contributed by atoms with E-state index in [9.17, 15) is 4.79 Å². The Bertz CT molecular complexity index is 176. The van der Waals surface area contributed by atoms with Gasteiger partial charge in [-0.25, -0.2) is 0 Å². The average Bonchev–Trinajstić information content (AvgIpc) is 2.26. The molecular formula is C12H22O3. The first kappa shape index (κ1) is 14.2. The fourth-order valence-electron chi connectivity index (χ4n) is 1.14. The van der Waals surface area contributed by atoms with E-state index in [0.29, 0.717) is 18.7 Å². The van der Waals surface area contributed by atoms with Crippen molar-refractivity contribution in [1.29, 1.82) is 0 Å². The Morgan fingerprint density at radius 1 is 1.20 bits per heavy atom. The normalized spacial score (nSPS) is 11.5. The van der Waals surface area contributed by atoms with E-state index in [0.717, 1.165) is 12.8 Å². The molecule has 0 atom stereocenters. The largest absolute Gasteiger partial charge is 0.464 e. The van der Waals surface area contributed by atoms with Crippen LogP contribution in [0.25, 0.3) is 0 Å². The van der Waals surface area contributed by atoms with E-state index in [2.05, 4.69) is 6.92 Å². The van der Waals surface area contributed by atoms with Crippen LogP contribution in [0.1, 0.15) is 46.0 Å². The zero-order valence-corrected chi connectivity index (χ0v) is 9.83. The Balaban J connectivity index is 3.29. The summed E-state index contributed by atoms with van der Waals surface area (Å²) in [6.45, 7) is 5.02. The van der Waals surface area contributed by atoms with E-state index in [1.807, 2.05) is 6.92 Å². The summed E-state index contributed by atoms with van der Waals surface area (Å²) in [5.74, 6) is 0.367. The van der Waals surface area contributed by atoms with Gasteiger partial charge in [-0.3, -0.25) is 4.79 Å². The average molecular weight is 214 g/mol. The van der Waals surface area contributed by atoms with Gasteiger partial charge in [0.05, 0.1) is 6.61 Å². The molecule has 3 heteroatoms. The second-order valence-corrected chi connectivity index (χ2v) is 3.36. The van der Waals surface area contributed by atoms with Crippen molar-refractivity contribution in [1.82, 2.24) is 0 Å².